The SMILES string of the molecule is CO[SiH](OC)C(C)CCN1CCC[Si]1(C)OC. The summed E-state index contributed by atoms with van der Waals surface area (Å²) in [6.07, 6.45) is 2.45. The average Bonchev–Trinajstić information content (AvgIpc) is 2.70. The van der Waals surface area contributed by atoms with E-state index in [-0.39, 0.29) is 0 Å². The zero-order valence-corrected chi connectivity index (χ0v) is 14.0. The smallest absolute Gasteiger partial charge is 0.323 e. The molecule has 1 heterocycles. The van der Waals surface area contributed by atoms with Gasteiger partial charge in [0.05, 0.1) is 0 Å². The van der Waals surface area contributed by atoms with Gasteiger partial charge in [0, 0.05) is 21.3 Å². The van der Waals surface area contributed by atoms with E-state index in [1.54, 1.807) is 14.2 Å². The van der Waals surface area contributed by atoms with Gasteiger partial charge in [-0.05, 0) is 44.1 Å². The summed E-state index contributed by atoms with van der Waals surface area (Å²) < 4.78 is 19.2. The number of rotatable bonds is 7. The highest BCUT2D eigenvalue weighted by Gasteiger charge is 2.40. The monoisotopic (exact) mass is 277 g/mol. The zero-order valence-electron chi connectivity index (χ0n) is 11.9. The van der Waals surface area contributed by atoms with Crippen LogP contribution in [0.5, 0.6) is 0 Å². The molecule has 0 aromatic rings. The van der Waals surface area contributed by atoms with E-state index in [0.717, 1.165) is 13.0 Å². The lowest BCUT2D eigenvalue weighted by molar-refractivity contribution is 0.258. The first kappa shape index (κ1) is 15.3. The van der Waals surface area contributed by atoms with Gasteiger partial charge < -0.3 is 17.8 Å². The maximum atomic E-state index is 5.77. The topological polar surface area (TPSA) is 30.9 Å². The molecule has 0 saturated carbocycles. The third-order valence-corrected chi connectivity index (χ3v) is 10.1. The van der Waals surface area contributed by atoms with E-state index in [2.05, 4.69) is 18.0 Å². The van der Waals surface area contributed by atoms with Crippen LogP contribution in [0.1, 0.15) is 19.8 Å². The van der Waals surface area contributed by atoms with Gasteiger partial charge in [-0.1, -0.05) is 6.92 Å². The van der Waals surface area contributed by atoms with Crippen LogP contribution in [-0.2, 0) is 13.3 Å². The Morgan fingerprint density at radius 2 is 1.94 bits per heavy atom. The molecular weight excluding hydrogens is 250 g/mol. The molecule has 0 radical (unpaired) electrons. The van der Waals surface area contributed by atoms with Crippen LogP contribution in [0, 0.1) is 0 Å². The lowest BCUT2D eigenvalue weighted by atomic mass is 10.3. The highest BCUT2D eigenvalue weighted by molar-refractivity contribution is 6.70. The minimum absolute atomic E-state index is 0.556. The van der Waals surface area contributed by atoms with E-state index in [4.69, 9.17) is 13.3 Å². The van der Waals surface area contributed by atoms with Gasteiger partial charge >= 0.3 is 9.28 Å². The van der Waals surface area contributed by atoms with Crippen molar-refractivity contribution in [3.63, 3.8) is 0 Å². The Kier molecular flexibility index (Phi) is 6.32. The van der Waals surface area contributed by atoms with Gasteiger partial charge in [0.2, 0.25) is 0 Å². The third kappa shape index (κ3) is 3.87. The number of nitrogens with zero attached hydrogens (tertiary/aromatic N) is 1. The summed E-state index contributed by atoms with van der Waals surface area (Å²) in [5.41, 5.74) is 0.556. The Labute approximate surface area is 108 Å². The molecule has 2 atom stereocenters. The zero-order chi connectivity index (χ0) is 12.9. The van der Waals surface area contributed by atoms with Crippen LogP contribution >= 0.6 is 0 Å². The highest BCUT2D eigenvalue weighted by Crippen LogP contribution is 2.28. The van der Waals surface area contributed by atoms with Crippen LogP contribution in [0.15, 0.2) is 0 Å². The van der Waals surface area contributed by atoms with Crippen LogP contribution in [0.3, 0.4) is 0 Å². The molecule has 1 saturated heterocycles. The maximum absolute atomic E-state index is 5.77. The molecule has 0 aromatic heterocycles. The summed E-state index contributed by atoms with van der Waals surface area (Å²) in [6, 6.07) is 1.27. The van der Waals surface area contributed by atoms with Crippen LogP contribution in [-0.4, -0.2) is 56.7 Å². The molecule has 2 unspecified atom stereocenters. The predicted octanol–water partition coefficient (Wildman–Crippen LogP) is 1.70. The summed E-state index contributed by atoms with van der Waals surface area (Å²) in [6.45, 7) is 6.90. The second-order valence-corrected chi connectivity index (χ2v) is 11.8. The predicted molar refractivity (Wildman–Crippen MR) is 74.8 cm³/mol. The van der Waals surface area contributed by atoms with Crippen LogP contribution in [0.25, 0.3) is 0 Å². The van der Waals surface area contributed by atoms with Gasteiger partial charge in [0.15, 0.2) is 0 Å². The van der Waals surface area contributed by atoms with E-state index in [1.165, 1.54) is 19.0 Å². The minimum Gasteiger partial charge on any atom is -0.406 e. The standard InChI is InChI=1S/C11H27NO3Si2/c1-11(16(13-2)14-3)7-9-12-8-6-10-17(12,5)15-4/h11,16H,6-10H2,1-5H3. The molecule has 17 heavy (non-hydrogen) atoms. The summed E-state index contributed by atoms with van der Waals surface area (Å²) >= 11 is 0. The molecule has 1 fully saturated rings. The van der Waals surface area contributed by atoms with Gasteiger partial charge in [-0.15, -0.1) is 0 Å². The van der Waals surface area contributed by atoms with Crippen molar-refractivity contribution in [2.75, 3.05) is 34.4 Å². The lowest BCUT2D eigenvalue weighted by Gasteiger charge is -2.32. The van der Waals surface area contributed by atoms with Crippen LogP contribution < -0.4 is 0 Å². The first-order valence-electron chi connectivity index (χ1n) is 6.43. The molecule has 0 amide bonds. The summed E-state index contributed by atoms with van der Waals surface area (Å²) in [4.78, 5) is 0. The average molecular weight is 278 g/mol. The quantitative estimate of drug-likeness (QED) is 0.663. The van der Waals surface area contributed by atoms with Gasteiger partial charge in [0.25, 0.3) is 8.48 Å². The Morgan fingerprint density at radius 3 is 2.47 bits per heavy atom. The molecule has 0 aliphatic carbocycles. The molecule has 1 aliphatic rings. The number of hydrogen-bond donors (Lipinski definition) is 0. The largest absolute Gasteiger partial charge is 0.406 e. The van der Waals surface area contributed by atoms with Gasteiger partial charge in [-0.25, -0.2) is 0 Å². The van der Waals surface area contributed by atoms with E-state index in [0.29, 0.717) is 5.54 Å². The first-order chi connectivity index (χ1) is 8.07. The van der Waals surface area contributed by atoms with Crippen molar-refractivity contribution >= 4 is 17.8 Å². The van der Waals surface area contributed by atoms with E-state index < -0.39 is 17.8 Å². The van der Waals surface area contributed by atoms with Crippen LogP contribution in [0.2, 0.25) is 18.1 Å². The Balaban J connectivity index is 2.39. The van der Waals surface area contributed by atoms with Gasteiger partial charge in [0.1, 0.15) is 0 Å². The second kappa shape index (κ2) is 7.01. The van der Waals surface area contributed by atoms with Crippen molar-refractivity contribution in [3.05, 3.63) is 0 Å². The minimum atomic E-state index is -1.54. The van der Waals surface area contributed by atoms with Crippen molar-refractivity contribution in [1.82, 2.24) is 4.57 Å². The van der Waals surface area contributed by atoms with Gasteiger partial charge in [-0.2, -0.15) is 0 Å². The molecule has 4 nitrogen and oxygen atoms in total. The van der Waals surface area contributed by atoms with Crippen molar-refractivity contribution in [3.8, 4) is 0 Å². The molecule has 1 rings (SSSR count). The second-order valence-electron chi connectivity index (χ2n) is 5.08. The molecule has 0 bridgehead atoms. The lowest BCUT2D eigenvalue weighted by Crippen LogP contribution is -2.49. The van der Waals surface area contributed by atoms with Crippen molar-refractivity contribution in [1.29, 1.82) is 0 Å². The van der Waals surface area contributed by atoms with Gasteiger partial charge in [-0.3, -0.25) is 0 Å². The Morgan fingerprint density at radius 1 is 1.29 bits per heavy atom. The van der Waals surface area contributed by atoms with Crippen LogP contribution in [0.4, 0.5) is 0 Å². The fourth-order valence-electron chi connectivity index (χ4n) is 2.63. The molecule has 102 valence electrons. The molecule has 0 aromatic carbocycles. The fourth-order valence-corrected chi connectivity index (χ4v) is 7.00. The molecule has 1 aliphatic heterocycles. The van der Waals surface area contributed by atoms with Crippen molar-refractivity contribution < 1.29 is 13.3 Å². The summed E-state index contributed by atoms with van der Waals surface area (Å²) in [5, 5.41) is 0. The fraction of sp³-hybridized carbons (Fsp3) is 1.00. The molecule has 6 heteroatoms. The molecule has 0 N–H and O–H groups in total. The summed E-state index contributed by atoms with van der Waals surface area (Å²) in [5.74, 6) is 0. The number of hydrogen-bond acceptors (Lipinski definition) is 4. The van der Waals surface area contributed by atoms with Crippen molar-refractivity contribution in [2.45, 2.75) is 37.9 Å². The third-order valence-electron chi connectivity index (χ3n) is 3.96. The van der Waals surface area contributed by atoms with E-state index in [9.17, 15) is 0 Å². The molecular formula is C11H27NO3Si2. The van der Waals surface area contributed by atoms with Crippen molar-refractivity contribution in [2.24, 2.45) is 0 Å². The highest BCUT2D eigenvalue weighted by atomic mass is 28.4. The first-order valence-corrected chi connectivity index (χ1v) is 10.6. The van der Waals surface area contributed by atoms with E-state index in [1.807, 2.05) is 7.11 Å². The summed E-state index contributed by atoms with van der Waals surface area (Å²) in [7, 11) is 2.40. The van der Waals surface area contributed by atoms with E-state index >= 15 is 0 Å². The maximum Gasteiger partial charge on any atom is 0.323 e. The molecule has 0 spiro atoms. The Bertz CT molecular complexity index is 229. The normalized spacial score (nSPS) is 27.9. The Hall–Kier alpha value is 0.274.